The van der Waals surface area contributed by atoms with Crippen LogP contribution in [0.5, 0.6) is 0 Å². The molecule has 1 aliphatic heterocycles. The van der Waals surface area contributed by atoms with Crippen LogP contribution in [0.15, 0.2) is 18.2 Å². The SMILES string of the molecule is Cc1ccc(F)cc1C(NN)C(C)(C)N1CCCCCC1. The van der Waals surface area contributed by atoms with Crippen LogP contribution in [0.25, 0.3) is 0 Å². The Morgan fingerprint density at radius 1 is 1.19 bits per heavy atom. The molecular weight excluding hydrogens is 265 g/mol. The minimum absolute atomic E-state index is 0.0914. The standard InChI is InChI=1S/C17H28FN3/c1-13-8-9-14(18)12-15(13)16(20-19)17(2,3)21-10-6-4-5-7-11-21/h8-9,12,16,20H,4-7,10-11,19H2,1-3H3. The maximum atomic E-state index is 13.7. The van der Waals surface area contributed by atoms with Crippen LogP contribution in [0.2, 0.25) is 0 Å². The lowest BCUT2D eigenvalue weighted by molar-refractivity contribution is 0.0831. The monoisotopic (exact) mass is 293 g/mol. The molecule has 3 nitrogen and oxygen atoms in total. The van der Waals surface area contributed by atoms with Gasteiger partial charge >= 0.3 is 0 Å². The number of nitrogens with two attached hydrogens (primary N) is 1. The van der Waals surface area contributed by atoms with E-state index in [0.29, 0.717) is 0 Å². The second-order valence-corrected chi connectivity index (χ2v) is 6.66. The number of aryl methyl sites for hydroxylation is 1. The summed E-state index contributed by atoms with van der Waals surface area (Å²) in [5.41, 5.74) is 4.80. The van der Waals surface area contributed by atoms with Crippen molar-refractivity contribution in [2.24, 2.45) is 5.84 Å². The van der Waals surface area contributed by atoms with Crippen molar-refractivity contribution in [3.05, 3.63) is 35.1 Å². The molecule has 1 saturated heterocycles. The topological polar surface area (TPSA) is 41.3 Å². The van der Waals surface area contributed by atoms with Gasteiger partial charge in [0.25, 0.3) is 0 Å². The van der Waals surface area contributed by atoms with E-state index < -0.39 is 0 Å². The second kappa shape index (κ2) is 6.86. The van der Waals surface area contributed by atoms with E-state index in [1.165, 1.54) is 31.7 Å². The summed E-state index contributed by atoms with van der Waals surface area (Å²) < 4.78 is 13.7. The van der Waals surface area contributed by atoms with Gasteiger partial charge in [-0.1, -0.05) is 18.9 Å². The Morgan fingerprint density at radius 3 is 2.38 bits per heavy atom. The van der Waals surface area contributed by atoms with Crippen LogP contribution < -0.4 is 11.3 Å². The number of rotatable bonds is 4. The summed E-state index contributed by atoms with van der Waals surface area (Å²) in [4.78, 5) is 2.49. The highest BCUT2D eigenvalue weighted by Crippen LogP contribution is 2.34. The number of nitrogens with one attached hydrogen (secondary N) is 1. The molecule has 0 radical (unpaired) electrons. The quantitative estimate of drug-likeness (QED) is 0.661. The summed E-state index contributed by atoms with van der Waals surface area (Å²) in [7, 11) is 0. The van der Waals surface area contributed by atoms with E-state index in [0.717, 1.165) is 24.2 Å². The van der Waals surface area contributed by atoms with Crippen LogP contribution in [0.4, 0.5) is 4.39 Å². The van der Waals surface area contributed by atoms with E-state index >= 15 is 0 Å². The van der Waals surface area contributed by atoms with Crippen molar-refractivity contribution in [2.45, 2.75) is 58.0 Å². The van der Waals surface area contributed by atoms with Crippen LogP contribution in [0.1, 0.15) is 56.7 Å². The molecule has 1 unspecified atom stereocenters. The molecule has 0 saturated carbocycles. The molecule has 0 aromatic heterocycles. The molecule has 1 heterocycles. The van der Waals surface area contributed by atoms with Gasteiger partial charge in [0.15, 0.2) is 0 Å². The van der Waals surface area contributed by atoms with Crippen molar-refractivity contribution in [3.8, 4) is 0 Å². The first-order valence-electron chi connectivity index (χ1n) is 7.94. The van der Waals surface area contributed by atoms with Crippen molar-refractivity contribution in [1.82, 2.24) is 10.3 Å². The molecule has 1 atom stereocenters. The Morgan fingerprint density at radius 2 is 1.81 bits per heavy atom. The normalized spacial score (nSPS) is 19.3. The number of halogens is 1. The molecule has 118 valence electrons. The van der Waals surface area contributed by atoms with E-state index in [-0.39, 0.29) is 17.4 Å². The highest BCUT2D eigenvalue weighted by Gasteiger charge is 2.36. The zero-order valence-corrected chi connectivity index (χ0v) is 13.5. The fraction of sp³-hybridized carbons (Fsp3) is 0.647. The average Bonchev–Trinajstić information content (AvgIpc) is 2.72. The molecule has 21 heavy (non-hydrogen) atoms. The second-order valence-electron chi connectivity index (χ2n) is 6.66. The fourth-order valence-electron chi connectivity index (χ4n) is 3.43. The van der Waals surface area contributed by atoms with Gasteiger partial charge in [0, 0.05) is 5.54 Å². The third-order valence-corrected chi connectivity index (χ3v) is 4.85. The first-order chi connectivity index (χ1) is 9.96. The van der Waals surface area contributed by atoms with Crippen LogP contribution in [-0.2, 0) is 0 Å². The lowest BCUT2D eigenvalue weighted by Gasteiger charge is -2.44. The molecule has 0 aliphatic carbocycles. The predicted octanol–water partition coefficient (Wildman–Crippen LogP) is 3.29. The largest absolute Gasteiger partial charge is 0.296 e. The summed E-state index contributed by atoms with van der Waals surface area (Å²) in [5, 5.41) is 0. The molecule has 3 N–H and O–H groups in total. The van der Waals surface area contributed by atoms with Crippen molar-refractivity contribution in [1.29, 1.82) is 0 Å². The maximum absolute atomic E-state index is 13.7. The zero-order chi connectivity index (χ0) is 15.5. The first-order valence-corrected chi connectivity index (χ1v) is 7.94. The lowest BCUT2D eigenvalue weighted by atomic mass is 9.85. The Bertz CT molecular complexity index is 465. The van der Waals surface area contributed by atoms with Crippen molar-refractivity contribution in [2.75, 3.05) is 13.1 Å². The number of likely N-dealkylation sites (tertiary alicyclic amines) is 1. The van der Waals surface area contributed by atoms with Gasteiger partial charge < -0.3 is 0 Å². The molecule has 2 rings (SSSR count). The van der Waals surface area contributed by atoms with Crippen molar-refractivity contribution >= 4 is 0 Å². The summed E-state index contributed by atoms with van der Waals surface area (Å²) in [6.45, 7) is 8.58. The number of nitrogens with zero attached hydrogens (tertiary/aromatic N) is 1. The van der Waals surface area contributed by atoms with E-state index in [9.17, 15) is 4.39 Å². The number of benzene rings is 1. The zero-order valence-electron chi connectivity index (χ0n) is 13.5. The fourth-order valence-corrected chi connectivity index (χ4v) is 3.43. The van der Waals surface area contributed by atoms with Crippen LogP contribution >= 0.6 is 0 Å². The Balaban J connectivity index is 2.31. The molecule has 4 heteroatoms. The third kappa shape index (κ3) is 3.62. The van der Waals surface area contributed by atoms with Crippen molar-refractivity contribution in [3.63, 3.8) is 0 Å². The van der Waals surface area contributed by atoms with Gasteiger partial charge in [0.05, 0.1) is 6.04 Å². The third-order valence-electron chi connectivity index (χ3n) is 4.85. The Hall–Kier alpha value is -0.970. The summed E-state index contributed by atoms with van der Waals surface area (Å²) in [6, 6.07) is 4.85. The lowest BCUT2D eigenvalue weighted by Crippen LogP contribution is -2.54. The predicted molar refractivity (Wildman–Crippen MR) is 85.3 cm³/mol. The van der Waals surface area contributed by atoms with Crippen molar-refractivity contribution < 1.29 is 4.39 Å². The molecular formula is C17H28FN3. The molecule has 1 fully saturated rings. The highest BCUT2D eigenvalue weighted by atomic mass is 19.1. The summed E-state index contributed by atoms with van der Waals surface area (Å²) >= 11 is 0. The van der Waals surface area contributed by atoms with Gasteiger partial charge in [-0.05, 0) is 70.0 Å². The smallest absolute Gasteiger partial charge is 0.123 e. The van der Waals surface area contributed by atoms with Gasteiger partial charge in [-0.3, -0.25) is 16.2 Å². The average molecular weight is 293 g/mol. The van der Waals surface area contributed by atoms with Crippen LogP contribution in [0, 0.1) is 12.7 Å². The van der Waals surface area contributed by atoms with Crippen LogP contribution in [-0.4, -0.2) is 23.5 Å². The molecule has 1 aromatic rings. The Kier molecular flexibility index (Phi) is 5.36. The van der Waals surface area contributed by atoms with E-state index in [1.807, 2.05) is 13.0 Å². The molecule has 1 aliphatic rings. The van der Waals surface area contributed by atoms with Crippen LogP contribution in [0.3, 0.4) is 0 Å². The molecule has 0 bridgehead atoms. The van der Waals surface area contributed by atoms with E-state index in [4.69, 9.17) is 5.84 Å². The minimum Gasteiger partial charge on any atom is -0.296 e. The molecule has 0 amide bonds. The van der Waals surface area contributed by atoms with Gasteiger partial charge in [-0.15, -0.1) is 0 Å². The maximum Gasteiger partial charge on any atom is 0.123 e. The molecule has 0 spiro atoms. The van der Waals surface area contributed by atoms with E-state index in [1.54, 1.807) is 6.07 Å². The summed E-state index contributed by atoms with van der Waals surface area (Å²) in [6.07, 6.45) is 5.05. The van der Waals surface area contributed by atoms with E-state index in [2.05, 4.69) is 24.2 Å². The summed E-state index contributed by atoms with van der Waals surface area (Å²) in [5.74, 6) is 5.65. The highest BCUT2D eigenvalue weighted by molar-refractivity contribution is 5.32. The number of hydrazine groups is 1. The van der Waals surface area contributed by atoms with Gasteiger partial charge in [-0.25, -0.2) is 4.39 Å². The van der Waals surface area contributed by atoms with Gasteiger partial charge in [-0.2, -0.15) is 0 Å². The minimum atomic E-state index is -0.206. The first kappa shape index (κ1) is 16.4. The Labute approximate surface area is 127 Å². The van der Waals surface area contributed by atoms with Gasteiger partial charge in [0.1, 0.15) is 5.82 Å². The number of hydrogen-bond acceptors (Lipinski definition) is 3. The van der Waals surface area contributed by atoms with Gasteiger partial charge in [0.2, 0.25) is 0 Å². The number of hydrogen-bond donors (Lipinski definition) is 2. The molecule has 1 aromatic carbocycles.